The van der Waals surface area contributed by atoms with E-state index in [0.29, 0.717) is 36.7 Å². The van der Waals surface area contributed by atoms with Gasteiger partial charge in [0.1, 0.15) is 11.5 Å². The number of nitrogens with zero attached hydrogens (tertiary/aromatic N) is 5. The molecule has 1 unspecified atom stereocenters. The number of halogens is 1. The Morgan fingerprint density at radius 1 is 0.902 bits per heavy atom. The Bertz CT molecular complexity index is 2120. The van der Waals surface area contributed by atoms with Crippen LogP contribution in [0.4, 0.5) is 5.69 Å². The van der Waals surface area contributed by atoms with Gasteiger partial charge in [0, 0.05) is 28.1 Å². The molecule has 51 heavy (non-hydrogen) atoms. The zero-order valence-corrected chi connectivity index (χ0v) is 31.0. The zero-order chi connectivity index (χ0) is 35.5. The van der Waals surface area contributed by atoms with E-state index in [2.05, 4.69) is 97.6 Å². The van der Waals surface area contributed by atoms with Crippen LogP contribution in [0.2, 0.25) is 0 Å². The average molecular weight is 750 g/mol. The lowest BCUT2D eigenvalue weighted by molar-refractivity contribution is 0.215. The predicted molar refractivity (Wildman–Crippen MR) is 199 cm³/mol. The number of ether oxygens (including phenoxy) is 2. The molecule has 6 aromatic rings. The van der Waals surface area contributed by atoms with Crippen LogP contribution < -0.4 is 14.8 Å². The van der Waals surface area contributed by atoms with Gasteiger partial charge in [-0.1, -0.05) is 52.3 Å². The van der Waals surface area contributed by atoms with Gasteiger partial charge in [0.05, 0.1) is 25.4 Å². The van der Waals surface area contributed by atoms with Gasteiger partial charge < -0.3 is 23.6 Å². The fourth-order valence-electron chi connectivity index (χ4n) is 6.00. The number of benzene rings is 4. The van der Waals surface area contributed by atoms with Gasteiger partial charge in [-0.15, -0.1) is 20.4 Å². The fourth-order valence-corrected chi connectivity index (χ4v) is 6.41. The van der Waals surface area contributed by atoms with Crippen molar-refractivity contribution >= 4 is 21.6 Å². The SMILES string of the molecule is COc1ccc(Br)cc1CN(C)C(C)c1nnc(-c2ccc(Cc3ccc(C)c(Oc4ccccc4NCc4nnc(C5CC5)o4)c3C)cc2)o1. The molecule has 1 aliphatic carbocycles. The summed E-state index contributed by atoms with van der Waals surface area (Å²) in [6, 6.07) is 26.4. The second-order valence-corrected chi connectivity index (χ2v) is 14.0. The van der Waals surface area contributed by atoms with E-state index in [1.54, 1.807) is 7.11 Å². The lowest BCUT2D eigenvalue weighted by Crippen LogP contribution is -2.22. The molecular weight excluding hydrogens is 708 g/mol. The van der Waals surface area contributed by atoms with Crippen molar-refractivity contribution < 1.29 is 18.3 Å². The van der Waals surface area contributed by atoms with Crippen molar-refractivity contribution in [1.82, 2.24) is 25.3 Å². The molecule has 262 valence electrons. The van der Waals surface area contributed by atoms with E-state index in [4.69, 9.17) is 18.3 Å². The van der Waals surface area contributed by atoms with E-state index in [9.17, 15) is 0 Å². The minimum absolute atomic E-state index is 0.0941. The number of rotatable bonds is 14. The van der Waals surface area contributed by atoms with Gasteiger partial charge in [-0.2, -0.15) is 0 Å². The molecule has 1 aliphatic rings. The Hall–Kier alpha value is -5.00. The monoisotopic (exact) mass is 748 g/mol. The molecule has 2 heterocycles. The molecule has 1 N–H and O–H groups in total. The van der Waals surface area contributed by atoms with Crippen molar-refractivity contribution in [1.29, 1.82) is 0 Å². The first-order valence-corrected chi connectivity index (χ1v) is 17.9. The van der Waals surface area contributed by atoms with Crippen LogP contribution in [0, 0.1) is 13.8 Å². The Labute approximate surface area is 306 Å². The maximum absolute atomic E-state index is 6.59. The van der Waals surface area contributed by atoms with Gasteiger partial charge >= 0.3 is 0 Å². The van der Waals surface area contributed by atoms with E-state index < -0.39 is 0 Å². The highest BCUT2D eigenvalue weighted by atomic mass is 79.9. The fraction of sp³-hybridized carbons (Fsp3) is 0.300. The average Bonchev–Trinajstić information content (AvgIpc) is 3.67. The minimum atomic E-state index is -0.0941. The van der Waals surface area contributed by atoms with Crippen molar-refractivity contribution in [2.24, 2.45) is 0 Å². The second-order valence-electron chi connectivity index (χ2n) is 13.1. The molecule has 10 nitrogen and oxygen atoms in total. The molecule has 0 radical (unpaired) electrons. The number of aromatic nitrogens is 4. The highest BCUT2D eigenvalue weighted by molar-refractivity contribution is 9.10. The van der Waals surface area contributed by atoms with Crippen LogP contribution in [0.25, 0.3) is 11.5 Å². The minimum Gasteiger partial charge on any atom is -0.496 e. The number of nitrogens with one attached hydrogen (secondary N) is 1. The molecule has 11 heteroatoms. The van der Waals surface area contributed by atoms with Crippen molar-refractivity contribution in [3.8, 4) is 28.7 Å². The lowest BCUT2D eigenvalue weighted by atomic mass is 9.97. The zero-order valence-electron chi connectivity index (χ0n) is 29.4. The maximum Gasteiger partial charge on any atom is 0.247 e. The maximum atomic E-state index is 6.59. The molecule has 0 spiro atoms. The molecule has 1 saturated carbocycles. The summed E-state index contributed by atoms with van der Waals surface area (Å²) in [6.45, 7) is 7.33. The number of hydrogen-bond acceptors (Lipinski definition) is 10. The number of methoxy groups -OCH3 is 1. The third-order valence-electron chi connectivity index (χ3n) is 9.37. The van der Waals surface area contributed by atoms with Gasteiger partial charge in [0.25, 0.3) is 0 Å². The third kappa shape index (κ3) is 8.00. The van der Waals surface area contributed by atoms with Gasteiger partial charge in [-0.3, -0.25) is 4.90 Å². The topological polar surface area (TPSA) is 112 Å². The van der Waals surface area contributed by atoms with E-state index in [1.807, 2.05) is 55.6 Å². The number of hydrogen-bond donors (Lipinski definition) is 1. The number of anilines is 1. The molecule has 1 atom stereocenters. The van der Waals surface area contributed by atoms with E-state index in [-0.39, 0.29) is 6.04 Å². The summed E-state index contributed by atoms with van der Waals surface area (Å²) in [6.07, 6.45) is 3.00. The highest BCUT2D eigenvalue weighted by Crippen LogP contribution is 2.39. The normalized spacial score (nSPS) is 13.4. The smallest absolute Gasteiger partial charge is 0.247 e. The Balaban J connectivity index is 1.00. The number of aryl methyl sites for hydroxylation is 1. The van der Waals surface area contributed by atoms with Crippen molar-refractivity contribution in [2.45, 2.75) is 65.1 Å². The summed E-state index contributed by atoms with van der Waals surface area (Å²) in [4.78, 5) is 2.15. The Morgan fingerprint density at radius 3 is 2.49 bits per heavy atom. The van der Waals surface area contributed by atoms with Crippen molar-refractivity contribution in [3.63, 3.8) is 0 Å². The van der Waals surface area contributed by atoms with E-state index in [1.165, 1.54) is 11.1 Å². The first-order valence-electron chi connectivity index (χ1n) is 17.1. The van der Waals surface area contributed by atoms with E-state index >= 15 is 0 Å². The van der Waals surface area contributed by atoms with Crippen LogP contribution in [-0.2, 0) is 19.5 Å². The molecule has 7 rings (SSSR count). The molecule has 0 amide bonds. The molecule has 0 aliphatic heterocycles. The third-order valence-corrected chi connectivity index (χ3v) is 9.86. The van der Waals surface area contributed by atoms with Crippen LogP contribution in [0.15, 0.2) is 92.2 Å². The first kappa shape index (κ1) is 34.4. The molecule has 0 saturated heterocycles. The highest BCUT2D eigenvalue weighted by Gasteiger charge is 2.29. The summed E-state index contributed by atoms with van der Waals surface area (Å²) >= 11 is 3.56. The Morgan fingerprint density at radius 2 is 1.71 bits per heavy atom. The number of para-hydroxylation sites is 2. The molecule has 2 aromatic heterocycles. The standard InChI is InChI=1S/C40H41BrN6O4/c1-24-10-13-30(25(2)37(24)49-35-9-7-6-8-33(35)42-22-36-43-45-39(50-36)29-16-17-29)20-27-11-14-28(15-12-27)40-46-44-38(51-40)26(3)47(4)23-31-21-32(41)18-19-34(31)48-5/h6-15,18-19,21,26,29,42H,16-17,20,22-23H2,1-5H3. The van der Waals surface area contributed by atoms with Crippen LogP contribution in [0.1, 0.15) is 77.2 Å². The van der Waals surface area contributed by atoms with Gasteiger partial charge in [-0.25, -0.2) is 0 Å². The second kappa shape index (κ2) is 15.1. The summed E-state index contributed by atoms with van der Waals surface area (Å²) in [7, 11) is 3.72. The molecular formula is C40H41BrN6O4. The summed E-state index contributed by atoms with van der Waals surface area (Å²) in [5.41, 5.74) is 7.32. The van der Waals surface area contributed by atoms with Gasteiger partial charge in [0.15, 0.2) is 5.75 Å². The van der Waals surface area contributed by atoms with Crippen LogP contribution in [0.5, 0.6) is 17.2 Å². The Kier molecular flexibility index (Phi) is 10.2. The summed E-state index contributed by atoms with van der Waals surface area (Å²) in [5, 5.41) is 20.6. The van der Waals surface area contributed by atoms with Crippen LogP contribution in [0.3, 0.4) is 0 Å². The molecule has 0 bridgehead atoms. The van der Waals surface area contributed by atoms with Gasteiger partial charge in [0.2, 0.25) is 23.6 Å². The summed E-state index contributed by atoms with van der Waals surface area (Å²) in [5.74, 6) is 5.21. The van der Waals surface area contributed by atoms with Gasteiger partial charge in [-0.05, 0) is 112 Å². The van der Waals surface area contributed by atoms with E-state index in [0.717, 1.165) is 74.8 Å². The van der Waals surface area contributed by atoms with Crippen LogP contribution >= 0.6 is 15.9 Å². The molecule has 4 aromatic carbocycles. The largest absolute Gasteiger partial charge is 0.496 e. The summed E-state index contributed by atoms with van der Waals surface area (Å²) < 4.78 is 25.1. The van der Waals surface area contributed by atoms with Crippen molar-refractivity contribution in [3.05, 3.63) is 129 Å². The van der Waals surface area contributed by atoms with Crippen molar-refractivity contribution in [2.75, 3.05) is 19.5 Å². The van der Waals surface area contributed by atoms with Crippen LogP contribution in [-0.4, -0.2) is 39.5 Å². The predicted octanol–water partition coefficient (Wildman–Crippen LogP) is 9.57. The lowest BCUT2D eigenvalue weighted by Gasteiger charge is -2.23. The first-order chi connectivity index (χ1) is 24.7. The quantitative estimate of drug-likeness (QED) is 0.116. The molecule has 1 fully saturated rings.